The van der Waals surface area contributed by atoms with Gasteiger partial charge in [0, 0.05) is 28.7 Å². The molecule has 0 atom stereocenters. The summed E-state index contributed by atoms with van der Waals surface area (Å²) in [5.74, 6) is 0.681. The van der Waals surface area contributed by atoms with Gasteiger partial charge in [0.25, 0.3) is 0 Å². The molecular weight excluding hydrogens is 333 g/mol. The van der Waals surface area contributed by atoms with Gasteiger partial charge >= 0.3 is 0 Å². The molecule has 1 aliphatic heterocycles. The van der Waals surface area contributed by atoms with Crippen LogP contribution in [0.4, 0.5) is 0 Å². The number of piperidine rings is 1. The lowest BCUT2D eigenvalue weighted by molar-refractivity contribution is 0.201. The van der Waals surface area contributed by atoms with Crippen molar-refractivity contribution >= 4 is 23.2 Å². The van der Waals surface area contributed by atoms with Crippen LogP contribution in [0.15, 0.2) is 18.3 Å². The first kappa shape index (κ1) is 16.6. The third-order valence-corrected chi connectivity index (χ3v) is 5.14. The largest absolute Gasteiger partial charge is 0.506 e. The van der Waals surface area contributed by atoms with Gasteiger partial charge in [-0.25, -0.2) is 0 Å². The average Bonchev–Trinajstić information content (AvgIpc) is 3.01. The van der Waals surface area contributed by atoms with Crippen LogP contribution in [0.2, 0.25) is 10.0 Å². The fourth-order valence-electron chi connectivity index (χ4n) is 3.32. The fraction of sp³-hybridized carbons (Fsp3) is 0.471. The van der Waals surface area contributed by atoms with Gasteiger partial charge in [-0.15, -0.1) is 0 Å². The topological polar surface area (TPSA) is 52.2 Å². The van der Waals surface area contributed by atoms with E-state index in [1.165, 1.54) is 11.3 Å². The molecule has 1 aromatic carbocycles. The molecule has 2 aromatic rings. The van der Waals surface area contributed by atoms with E-state index in [9.17, 15) is 5.11 Å². The lowest BCUT2D eigenvalue weighted by Gasteiger charge is -2.32. The molecule has 23 heavy (non-hydrogen) atoms. The Labute approximate surface area is 146 Å². The summed E-state index contributed by atoms with van der Waals surface area (Å²) in [4.78, 5) is 2.33. The number of H-pyrrole nitrogens is 1. The van der Waals surface area contributed by atoms with Gasteiger partial charge in [0.1, 0.15) is 5.75 Å². The molecule has 0 aliphatic carbocycles. The van der Waals surface area contributed by atoms with Crippen LogP contribution >= 0.6 is 23.2 Å². The fourth-order valence-corrected chi connectivity index (χ4v) is 3.85. The molecule has 0 spiro atoms. The number of aryl methyl sites for hydroxylation is 1. The van der Waals surface area contributed by atoms with Gasteiger partial charge < -0.3 is 5.11 Å². The van der Waals surface area contributed by atoms with Crippen LogP contribution in [0.5, 0.6) is 5.75 Å². The first-order valence-electron chi connectivity index (χ1n) is 7.99. The Morgan fingerprint density at radius 2 is 2.00 bits per heavy atom. The summed E-state index contributed by atoms with van der Waals surface area (Å²) in [6, 6.07) is 3.36. The third kappa shape index (κ3) is 3.65. The lowest BCUT2D eigenvalue weighted by Crippen LogP contribution is -2.32. The number of nitrogens with zero attached hydrogens (tertiary/aromatic N) is 2. The second-order valence-electron chi connectivity index (χ2n) is 6.11. The highest BCUT2D eigenvalue weighted by atomic mass is 35.5. The normalized spacial score (nSPS) is 16.8. The van der Waals surface area contributed by atoms with Gasteiger partial charge in [-0.2, -0.15) is 5.10 Å². The van der Waals surface area contributed by atoms with Crippen molar-refractivity contribution < 1.29 is 5.11 Å². The predicted octanol–water partition coefficient (Wildman–Crippen LogP) is 4.36. The summed E-state index contributed by atoms with van der Waals surface area (Å²) in [6.07, 6.45) is 5.13. The zero-order chi connectivity index (χ0) is 16.4. The second-order valence-corrected chi connectivity index (χ2v) is 6.95. The van der Waals surface area contributed by atoms with E-state index in [0.29, 0.717) is 22.5 Å². The van der Waals surface area contributed by atoms with E-state index in [1.807, 2.05) is 6.20 Å². The number of likely N-dealkylation sites (tertiary alicyclic amines) is 1. The molecule has 4 nitrogen and oxygen atoms in total. The monoisotopic (exact) mass is 353 g/mol. The molecule has 0 bridgehead atoms. The molecule has 0 saturated carbocycles. The molecule has 3 rings (SSSR count). The van der Waals surface area contributed by atoms with Crippen LogP contribution in [0.1, 0.15) is 42.5 Å². The highest BCUT2D eigenvalue weighted by molar-refractivity contribution is 6.35. The number of benzene rings is 1. The number of phenols is 1. The van der Waals surface area contributed by atoms with Crippen molar-refractivity contribution in [1.82, 2.24) is 15.1 Å². The van der Waals surface area contributed by atoms with E-state index in [1.54, 1.807) is 12.1 Å². The minimum Gasteiger partial charge on any atom is -0.506 e. The molecule has 1 fully saturated rings. The standard InChI is InChI=1S/C17H21Cl2N3O/c1-2-11-9-20-21-16(11)12-3-5-22(6-4-12)10-13-7-14(18)8-15(19)17(13)23/h7-9,12,23H,2-6,10H2,1H3,(H,20,21). The first-order chi connectivity index (χ1) is 11.1. The Morgan fingerprint density at radius 1 is 1.26 bits per heavy atom. The summed E-state index contributed by atoms with van der Waals surface area (Å²) in [7, 11) is 0. The lowest BCUT2D eigenvalue weighted by atomic mass is 9.90. The number of phenolic OH excluding ortho intramolecular Hbond substituents is 1. The molecule has 6 heteroatoms. The Balaban J connectivity index is 1.64. The molecule has 0 amide bonds. The van der Waals surface area contributed by atoms with Crippen LogP contribution in [0.25, 0.3) is 0 Å². The summed E-state index contributed by atoms with van der Waals surface area (Å²) < 4.78 is 0. The molecule has 1 aliphatic rings. The molecule has 1 aromatic heterocycles. The van der Waals surface area contributed by atoms with Crippen LogP contribution in [-0.4, -0.2) is 33.3 Å². The van der Waals surface area contributed by atoms with Gasteiger partial charge in [0.05, 0.1) is 11.2 Å². The molecular formula is C17H21Cl2N3O. The number of halogens is 2. The molecule has 2 heterocycles. The van der Waals surface area contributed by atoms with E-state index in [0.717, 1.165) is 37.9 Å². The number of hydrogen-bond acceptors (Lipinski definition) is 3. The summed E-state index contributed by atoms with van der Waals surface area (Å²) in [5.41, 5.74) is 3.40. The molecule has 1 saturated heterocycles. The van der Waals surface area contributed by atoms with Crippen molar-refractivity contribution in [2.24, 2.45) is 0 Å². The maximum absolute atomic E-state index is 10.1. The maximum Gasteiger partial charge on any atom is 0.138 e. The minimum atomic E-state index is 0.139. The number of aromatic amines is 1. The Bertz CT molecular complexity index is 678. The molecule has 0 unspecified atom stereocenters. The minimum absolute atomic E-state index is 0.139. The van der Waals surface area contributed by atoms with E-state index in [-0.39, 0.29) is 5.75 Å². The van der Waals surface area contributed by atoms with Gasteiger partial charge in [0.2, 0.25) is 0 Å². The van der Waals surface area contributed by atoms with Crippen molar-refractivity contribution in [2.75, 3.05) is 13.1 Å². The van der Waals surface area contributed by atoms with E-state index >= 15 is 0 Å². The van der Waals surface area contributed by atoms with Gasteiger partial charge in [-0.05, 0) is 50.0 Å². The summed E-state index contributed by atoms with van der Waals surface area (Å²) in [6.45, 7) is 4.80. The maximum atomic E-state index is 10.1. The highest BCUT2D eigenvalue weighted by Crippen LogP contribution is 2.34. The molecule has 0 radical (unpaired) electrons. The van der Waals surface area contributed by atoms with Crippen molar-refractivity contribution in [2.45, 2.75) is 38.6 Å². The van der Waals surface area contributed by atoms with Gasteiger partial charge in [-0.3, -0.25) is 10.00 Å². The van der Waals surface area contributed by atoms with Crippen molar-refractivity contribution in [3.63, 3.8) is 0 Å². The van der Waals surface area contributed by atoms with E-state index in [4.69, 9.17) is 23.2 Å². The SMILES string of the molecule is CCc1cn[nH]c1C1CCN(Cc2cc(Cl)cc(Cl)c2O)CC1. The second kappa shape index (κ2) is 7.12. The number of aromatic nitrogens is 2. The quantitative estimate of drug-likeness (QED) is 0.858. The van der Waals surface area contributed by atoms with Crippen molar-refractivity contribution in [3.05, 3.63) is 45.2 Å². The van der Waals surface area contributed by atoms with Crippen LogP contribution in [0.3, 0.4) is 0 Å². The Hall–Kier alpha value is -1.23. The van der Waals surface area contributed by atoms with Crippen molar-refractivity contribution in [1.29, 1.82) is 0 Å². The molecule has 124 valence electrons. The number of aromatic hydroxyl groups is 1. The zero-order valence-corrected chi connectivity index (χ0v) is 14.7. The number of hydrogen-bond donors (Lipinski definition) is 2. The van der Waals surface area contributed by atoms with Gasteiger partial charge in [-0.1, -0.05) is 30.1 Å². The summed E-state index contributed by atoms with van der Waals surface area (Å²) >= 11 is 12.0. The van der Waals surface area contributed by atoms with Crippen LogP contribution < -0.4 is 0 Å². The smallest absolute Gasteiger partial charge is 0.138 e. The van der Waals surface area contributed by atoms with Crippen LogP contribution in [0, 0.1) is 0 Å². The number of nitrogens with one attached hydrogen (secondary N) is 1. The Morgan fingerprint density at radius 3 is 2.70 bits per heavy atom. The first-order valence-corrected chi connectivity index (χ1v) is 8.75. The van der Waals surface area contributed by atoms with E-state index in [2.05, 4.69) is 22.0 Å². The molecule has 2 N–H and O–H groups in total. The van der Waals surface area contributed by atoms with Crippen LogP contribution in [-0.2, 0) is 13.0 Å². The van der Waals surface area contributed by atoms with Crippen molar-refractivity contribution in [3.8, 4) is 5.75 Å². The zero-order valence-electron chi connectivity index (χ0n) is 13.1. The average molecular weight is 354 g/mol. The number of rotatable bonds is 4. The van der Waals surface area contributed by atoms with E-state index < -0.39 is 0 Å². The van der Waals surface area contributed by atoms with Gasteiger partial charge in [0.15, 0.2) is 0 Å². The predicted molar refractivity (Wildman–Crippen MR) is 93.3 cm³/mol. The summed E-state index contributed by atoms with van der Waals surface area (Å²) in [5, 5.41) is 18.3. The third-order valence-electron chi connectivity index (χ3n) is 4.63. The highest BCUT2D eigenvalue weighted by Gasteiger charge is 2.24. The Kier molecular flexibility index (Phi) is 5.14.